The van der Waals surface area contributed by atoms with Gasteiger partial charge in [-0.25, -0.2) is 0 Å². The molecular weight excluding hydrogens is 288 g/mol. The van der Waals surface area contributed by atoms with E-state index in [0.717, 1.165) is 12.0 Å². The maximum Gasteiger partial charge on any atom is 0.264 e. The van der Waals surface area contributed by atoms with Crippen LogP contribution in [0.25, 0.3) is 0 Å². The summed E-state index contributed by atoms with van der Waals surface area (Å²) in [5.74, 6) is -0.0243. The molecule has 21 heavy (non-hydrogen) atoms. The lowest BCUT2D eigenvalue weighted by Gasteiger charge is -2.12. The SMILES string of the molecule is CC(C)Cc1ccc(C(C)C(=O)CCCS(=O)(=O)O)cc1. The molecule has 1 rings (SSSR count). The van der Waals surface area contributed by atoms with Gasteiger partial charge in [0.05, 0.1) is 5.75 Å². The fourth-order valence-corrected chi connectivity index (χ4v) is 2.75. The predicted octanol–water partition coefficient (Wildman–Crippen LogP) is 3.23. The summed E-state index contributed by atoms with van der Waals surface area (Å²) in [4.78, 5) is 12.0. The highest BCUT2D eigenvalue weighted by atomic mass is 32.2. The summed E-state index contributed by atoms with van der Waals surface area (Å²) >= 11 is 0. The van der Waals surface area contributed by atoms with Gasteiger partial charge in [-0.15, -0.1) is 0 Å². The van der Waals surface area contributed by atoms with Gasteiger partial charge in [0.15, 0.2) is 0 Å². The number of carbonyl (C=O) groups is 1. The summed E-state index contributed by atoms with van der Waals surface area (Å²) in [5.41, 5.74) is 2.19. The highest BCUT2D eigenvalue weighted by molar-refractivity contribution is 7.85. The topological polar surface area (TPSA) is 71.4 Å². The van der Waals surface area contributed by atoms with Crippen LogP contribution < -0.4 is 0 Å². The molecule has 1 aromatic rings. The van der Waals surface area contributed by atoms with E-state index in [2.05, 4.69) is 13.8 Å². The number of carbonyl (C=O) groups excluding carboxylic acids is 1. The van der Waals surface area contributed by atoms with Crippen molar-refractivity contribution in [1.82, 2.24) is 0 Å². The zero-order valence-corrected chi connectivity index (χ0v) is 13.7. The van der Waals surface area contributed by atoms with Crippen LogP contribution >= 0.6 is 0 Å². The molecule has 1 aromatic carbocycles. The van der Waals surface area contributed by atoms with E-state index in [4.69, 9.17) is 4.55 Å². The zero-order valence-electron chi connectivity index (χ0n) is 12.9. The molecule has 0 aliphatic rings. The van der Waals surface area contributed by atoms with Crippen molar-refractivity contribution in [3.63, 3.8) is 0 Å². The number of rotatable bonds is 8. The van der Waals surface area contributed by atoms with Gasteiger partial charge < -0.3 is 0 Å². The molecule has 0 fully saturated rings. The first-order valence-corrected chi connectivity index (χ1v) is 8.86. The zero-order chi connectivity index (χ0) is 16.0. The van der Waals surface area contributed by atoms with Crippen molar-refractivity contribution in [3.05, 3.63) is 35.4 Å². The number of ketones is 1. The smallest absolute Gasteiger partial charge is 0.264 e. The van der Waals surface area contributed by atoms with Gasteiger partial charge in [-0.05, 0) is 29.9 Å². The van der Waals surface area contributed by atoms with E-state index in [9.17, 15) is 13.2 Å². The van der Waals surface area contributed by atoms with Gasteiger partial charge in [-0.1, -0.05) is 45.0 Å². The Balaban J connectivity index is 2.57. The fraction of sp³-hybridized carbons (Fsp3) is 0.562. The molecule has 0 radical (unpaired) electrons. The quantitative estimate of drug-likeness (QED) is 0.748. The minimum Gasteiger partial charge on any atom is -0.299 e. The van der Waals surface area contributed by atoms with Crippen molar-refractivity contribution in [2.75, 3.05) is 5.75 Å². The van der Waals surface area contributed by atoms with E-state index >= 15 is 0 Å². The lowest BCUT2D eigenvalue weighted by Crippen LogP contribution is -2.12. The highest BCUT2D eigenvalue weighted by Gasteiger charge is 2.16. The summed E-state index contributed by atoms with van der Waals surface area (Å²) in [6.45, 7) is 6.15. The molecule has 1 unspecified atom stereocenters. The molecule has 1 atom stereocenters. The van der Waals surface area contributed by atoms with Crippen LogP contribution in [-0.4, -0.2) is 24.5 Å². The van der Waals surface area contributed by atoms with Crippen LogP contribution in [0.15, 0.2) is 24.3 Å². The molecule has 1 N–H and O–H groups in total. The standard InChI is InChI=1S/C16H24O4S/c1-12(2)11-14-6-8-15(9-7-14)13(3)16(17)5-4-10-21(18,19)20/h6-9,12-13H,4-5,10-11H2,1-3H3,(H,18,19,20). The summed E-state index contributed by atoms with van der Waals surface area (Å²) in [5, 5.41) is 0. The number of Topliss-reactive ketones (excluding diaryl/α,β-unsaturated/α-hetero) is 1. The molecule has 0 amide bonds. The maximum absolute atomic E-state index is 12.0. The normalized spacial score (nSPS) is 13.4. The van der Waals surface area contributed by atoms with Crippen LogP contribution in [0, 0.1) is 5.92 Å². The van der Waals surface area contributed by atoms with Crippen molar-refractivity contribution in [2.45, 2.75) is 46.0 Å². The fourth-order valence-electron chi connectivity index (χ4n) is 2.24. The Morgan fingerprint density at radius 2 is 1.71 bits per heavy atom. The summed E-state index contributed by atoms with van der Waals surface area (Å²) in [7, 11) is -3.98. The molecule has 0 spiro atoms. The largest absolute Gasteiger partial charge is 0.299 e. The molecule has 0 bridgehead atoms. The van der Waals surface area contributed by atoms with Crippen LogP contribution in [0.1, 0.15) is 50.7 Å². The lowest BCUT2D eigenvalue weighted by atomic mass is 9.92. The minimum absolute atomic E-state index is 0.00439. The van der Waals surface area contributed by atoms with Crippen molar-refractivity contribution in [2.24, 2.45) is 5.92 Å². The van der Waals surface area contributed by atoms with E-state index in [0.29, 0.717) is 5.92 Å². The third-order valence-corrected chi connectivity index (χ3v) is 4.24. The van der Waals surface area contributed by atoms with Gasteiger partial charge in [0.1, 0.15) is 5.78 Å². The van der Waals surface area contributed by atoms with Gasteiger partial charge in [-0.3, -0.25) is 9.35 Å². The van der Waals surface area contributed by atoms with Gasteiger partial charge >= 0.3 is 0 Å². The van der Waals surface area contributed by atoms with Crippen LogP contribution in [0.3, 0.4) is 0 Å². The first-order chi connectivity index (χ1) is 9.69. The van der Waals surface area contributed by atoms with Crippen LogP contribution in [0.5, 0.6) is 0 Å². The number of hydrogen-bond acceptors (Lipinski definition) is 3. The Kier molecular flexibility index (Phi) is 6.55. The average molecular weight is 312 g/mol. The molecule has 0 aliphatic carbocycles. The third-order valence-electron chi connectivity index (χ3n) is 3.43. The molecule has 4 nitrogen and oxygen atoms in total. The first kappa shape index (κ1) is 17.9. The van der Waals surface area contributed by atoms with Crippen LogP contribution in [-0.2, 0) is 21.3 Å². The van der Waals surface area contributed by atoms with Crippen molar-refractivity contribution in [1.29, 1.82) is 0 Å². The Bertz CT molecular complexity index is 558. The molecule has 118 valence electrons. The lowest BCUT2D eigenvalue weighted by molar-refractivity contribution is -0.120. The summed E-state index contributed by atoms with van der Waals surface area (Å²) in [6, 6.07) is 8.00. The van der Waals surface area contributed by atoms with Gasteiger partial charge in [0, 0.05) is 12.3 Å². The highest BCUT2D eigenvalue weighted by Crippen LogP contribution is 2.20. The second-order valence-electron chi connectivity index (χ2n) is 5.92. The molecular formula is C16H24O4S. The Hall–Kier alpha value is -1.20. The predicted molar refractivity (Wildman–Crippen MR) is 84.1 cm³/mol. The molecule has 0 saturated heterocycles. The molecule has 0 saturated carbocycles. The monoisotopic (exact) mass is 312 g/mol. The van der Waals surface area contributed by atoms with Crippen molar-refractivity contribution in [3.8, 4) is 0 Å². The molecule has 0 aliphatic heterocycles. The van der Waals surface area contributed by atoms with E-state index in [1.807, 2.05) is 31.2 Å². The van der Waals surface area contributed by atoms with Gasteiger partial charge in [0.2, 0.25) is 0 Å². The molecule has 5 heteroatoms. The van der Waals surface area contributed by atoms with E-state index in [1.54, 1.807) is 0 Å². The van der Waals surface area contributed by atoms with Crippen LogP contribution in [0.2, 0.25) is 0 Å². The summed E-state index contributed by atoms with van der Waals surface area (Å²) in [6.07, 6.45) is 1.33. The summed E-state index contributed by atoms with van der Waals surface area (Å²) < 4.78 is 29.9. The van der Waals surface area contributed by atoms with Crippen molar-refractivity contribution < 1.29 is 17.8 Å². The number of hydrogen-bond donors (Lipinski definition) is 1. The van der Waals surface area contributed by atoms with E-state index in [1.165, 1.54) is 5.56 Å². The van der Waals surface area contributed by atoms with Gasteiger partial charge in [-0.2, -0.15) is 8.42 Å². The van der Waals surface area contributed by atoms with Crippen molar-refractivity contribution >= 4 is 15.9 Å². The molecule has 0 heterocycles. The van der Waals surface area contributed by atoms with Crippen LogP contribution in [0.4, 0.5) is 0 Å². The second kappa shape index (κ2) is 7.71. The minimum atomic E-state index is -3.98. The second-order valence-corrected chi connectivity index (χ2v) is 7.49. The van der Waals surface area contributed by atoms with E-state index in [-0.39, 0.29) is 30.3 Å². The number of benzene rings is 1. The molecule has 0 aromatic heterocycles. The maximum atomic E-state index is 12.0. The van der Waals surface area contributed by atoms with Gasteiger partial charge in [0.25, 0.3) is 10.1 Å². The Labute approximate surface area is 127 Å². The van der Waals surface area contributed by atoms with E-state index < -0.39 is 10.1 Å². The Morgan fingerprint density at radius 3 is 2.19 bits per heavy atom. The average Bonchev–Trinajstić information content (AvgIpc) is 2.36. The Morgan fingerprint density at radius 1 is 1.14 bits per heavy atom. The first-order valence-electron chi connectivity index (χ1n) is 7.25. The third kappa shape index (κ3) is 6.87.